The molecule has 7 heteroatoms. The molecule has 2 aliphatic heterocycles. The number of nitrogens with zero attached hydrogens (tertiary/aromatic N) is 6. The minimum Gasteiger partial charge on any atom is -0.357 e. The second-order valence-corrected chi connectivity index (χ2v) is 6.62. The lowest BCUT2D eigenvalue weighted by Crippen LogP contribution is -2.24. The van der Waals surface area contributed by atoms with Gasteiger partial charge in [-0.15, -0.1) is 0 Å². The van der Waals surface area contributed by atoms with Crippen LogP contribution in [0.2, 0.25) is 0 Å². The van der Waals surface area contributed by atoms with Gasteiger partial charge in [0, 0.05) is 31.0 Å². The van der Waals surface area contributed by atoms with Crippen LogP contribution in [-0.2, 0) is 6.54 Å². The zero-order valence-corrected chi connectivity index (χ0v) is 14.2. The van der Waals surface area contributed by atoms with Crippen LogP contribution in [0.5, 0.6) is 0 Å². The van der Waals surface area contributed by atoms with E-state index in [1.165, 1.54) is 12.8 Å². The average Bonchev–Trinajstić information content (AvgIpc) is 3.41. The van der Waals surface area contributed by atoms with Crippen molar-refractivity contribution in [3.63, 3.8) is 0 Å². The molecule has 1 saturated heterocycles. The van der Waals surface area contributed by atoms with Gasteiger partial charge in [0.15, 0.2) is 5.69 Å². The summed E-state index contributed by atoms with van der Waals surface area (Å²) in [5.41, 5.74) is 3.07. The molecule has 26 heavy (non-hydrogen) atoms. The first-order valence-corrected chi connectivity index (χ1v) is 8.81. The van der Waals surface area contributed by atoms with E-state index in [0.717, 1.165) is 35.8 Å². The van der Waals surface area contributed by atoms with Crippen molar-refractivity contribution in [1.29, 1.82) is 0 Å². The zero-order valence-electron chi connectivity index (χ0n) is 14.2. The number of pyridine rings is 2. The van der Waals surface area contributed by atoms with E-state index >= 15 is 0 Å². The molecule has 5 heterocycles. The summed E-state index contributed by atoms with van der Waals surface area (Å²) in [4.78, 5) is 25.3. The topological polar surface area (TPSA) is 67.2 Å². The summed E-state index contributed by atoms with van der Waals surface area (Å²) in [6.07, 6.45) is 9.58. The Bertz CT molecular complexity index is 944. The largest absolute Gasteiger partial charge is 0.357 e. The SMILES string of the molecule is O=C1c2nn(-c3ccc(N4CCCC4)nc3)cc2CN1c1cccnc1. The van der Waals surface area contributed by atoms with E-state index in [0.29, 0.717) is 12.2 Å². The number of aromatic nitrogens is 4. The number of carbonyl (C=O) groups excluding carboxylic acids is 1. The molecule has 0 aliphatic carbocycles. The summed E-state index contributed by atoms with van der Waals surface area (Å²) in [6, 6.07) is 7.74. The lowest BCUT2D eigenvalue weighted by Gasteiger charge is -2.16. The predicted octanol–water partition coefficient (Wildman–Crippen LogP) is 2.42. The highest BCUT2D eigenvalue weighted by Crippen LogP contribution is 2.28. The first-order chi connectivity index (χ1) is 12.8. The molecule has 1 amide bonds. The van der Waals surface area contributed by atoms with E-state index in [9.17, 15) is 4.79 Å². The Kier molecular flexibility index (Phi) is 3.44. The first kappa shape index (κ1) is 15.1. The van der Waals surface area contributed by atoms with Crippen molar-refractivity contribution in [1.82, 2.24) is 19.7 Å². The molecule has 1 fully saturated rings. The van der Waals surface area contributed by atoms with Crippen LogP contribution in [0, 0.1) is 0 Å². The molecule has 130 valence electrons. The normalized spacial score (nSPS) is 16.4. The maximum Gasteiger partial charge on any atom is 0.279 e. The van der Waals surface area contributed by atoms with Crippen molar-refractivity contribution < 1.29 is 4.79 Å². The fraction of sp³-hybridized carbons (Fsp3) is 0.263. The molecular formula is C19H18N6O. The highest BCUT2D eigenvalue weighted by atomic mass is 16.2. The summed E-state index contributed by atoms with van der Waals surface area (Å²) < 4.78 is 1.74. The Morgan fingerprint density at radius 3 is 2.58 bits per heavy atom. The fourth-order valence-electron chi connectivity index (χ4n) is 3.58. The van der Waals surface area contributed by atoms with Gasteiger partial charge in [0.2, 0.25) is 0 Å². The van der Waals surface area contributed by atoms with Crippen LogP contribution in [0.4, 0.5) is 11.5 Å². The van der Waals surface area contributed by atoms with E-state index in [1.807, 2.05) is 36.7 Å². The van der Waals surface area contributed by atoms with Crippen LogP contribution in [0.1, 0.15) is 28.9 Å². The highest BCUT2D eigenvalue weighted by molar-refractivity contribution is 6.08. The molecule has 5 rings (SSSR count). The van der Waals surface area contributed by atoms with E-state index < -0.39 is 0 Å². The van der Waals surface area contributed by atoms with Crippen molar-refractivity contribution in [2.24, 2.45) is 0 Å². The molecule has 0 saturated carbocycles. The first-order valence-electron chi connectivity index (χ1n) is 8.81. The Balaban J connectivity index is 1.39. The van der Waals surface area contributed by atoms with Crippen molar-refractivity contribution in [3.05, 3.63) is 60.3 Å². The van der Waals surface area contributed by atoms with Gasteiger partial charge in [0.1, 0.15) is 5.82 Å². The van der Waals surface area contributed by atoms with E-state index in [2.05, 4.69) is 20.0 Å². The monoisotopic (exact) mass is 346 g/mol. The summed E-state index contributed by atoms with van der Waals surface area (Å²) in [5.74, 6) is 0.915. The van der Waals surface area contributed by atoms with Crippen molar-refractivity contribution in [3.8, 4) is 5.69 Å². The lowest BCUT2D eigenvalue weighted by atomic mass is 10.3. The van der Waals surface area contributed by atoms with Gasteiger partial charge < -0.3 is 9.80 Å². The van der Waals surface area contributed by atoms with Gasteiger partial charge in [-0.25, -0.2) is 9.67 Å². The van der Waals surface area contributed by atoms with E-state index in [4.69, 9.17) is 0 Å². The predicted molar refractivity (Wildman–Crippen MR) is 97.6 cm³/mol. The van der Waals surface area contributed by atoms with E-state index in [-0.39, 0.29) is 5.91 Å². The molecule has 3 aromatic rings. The molecule has 7 nitrogen and oxygen atoms in total. The van der Waals surface area contributed by atoms with Crippen LogP contribution >= 0.6 is 0 Å². The average molecular weight is 346 g/mol. The van der Waals surface area contributed by atoms with Gasteiger partial charge in [-0.1, -0.05) is 0 Å². The number of fused-ring (bicyclic) bond motifs is 1. The number of rotatable bonds is 3. The highest BCUT2D eigenvalue weighted by Gasteiger charge is 2.32. The summed E-state index contributed by atoms with van der Waals surface area (Å²) >= 11 is 0. The molecule has 0 aromatic carbocycles. The van der Waals surface area contributed by atoms with Crippen LogP contribution < -0.4 is 9.80 Å². The van der Waals surface area contributed by atoms with Crippen molar-refractivity contribution in [2.45, 2.75) is 19.4 Å². The van der Waals surface area contributed by atoms with Gasteiger partial charge in [-0.05, 0) is 37.1 Å². The van der Waals surface area contributed by atoms with Crippen LogP contribution in [-0.4, -0.2) is 38.7 Å². The Morgan fingerprint density at radius 1 is 1.00 bits per heavy atom. The minimum atomic E-state index is -0.0894. The molecule has 3 aromatic heterocycles. The smallest absolute Gasteiger partial charge is 0.279 e. The minimum absolute atomic E-state index is 0.0894. The van der Waals surface area contributed by atoms with Gasteiger partial charge >= 0.3 is 0 Å². The molecule has 0 unspecified atom stereocenters. The Hall–Kier alpha value is -3.22. The fourth-order valence-corrected chi connectivity index (χ4v) is 3.58. The van der Waals surface area contributed by atoms with Gasteiger partial charge in [0.05, 0.1) is 30.3 Å². The van der Waals surface area contributed by atoms with Gasteiger partial charge in [0.25, 0.3) is 5.91 Å². The molecule has 0 bridgehead atoms. The molecule has 2 aliphatic rings. The number of hydrogen-bond donors (Lipinski definition) is 0. The van der Waals surface area contributed by atoms with Crippen LogP contribution in [0.25, 0.3) is 5.69 Å². The van der Waals surface area contributed by atoms with Crippen molar-refractivity contribution in [2.75, 3.05) is 22.9 Å². The van der Waals surface area contributed by atoms with Crippen LogP contribution in [0.3, 0.4) is 0 Å². The number of hydrogen-bond acceptors (Lipinski definition) is 5. The molecule has 0 N–H and O–H groups in total. The third-order valence-electron chi connectivity index (χ3n) is 4.95. The lowest BCUT2D eigenvalue weighted by molar-refractivity contribution is 0.0991. The molecule has 0 spiro atoms. The Labute approximate surface area is 150 Å². The number of carbonyl (C=O) groups is 1. The second kappa shape index (κ2) is 5.94. The number of anilines is 2. The quantitative estimate of drug-likeness (QED) is 0.729. The van der Waals surface area contributed by atoms with Crippen LogP contribution in [0.15, 0.2) is 49.1 Å². The third-order valence-corrected chi connectivity index (χ3v) is 4.95. The van der Waals surface area contributed by atoms with E-state index in [1.54, 1.807) is 22.0 Å². The van der Waals surface area contributed by atoms with Crippen molar-refractivity contribution >= 4 is 17.4 Å². The third kappa shape index (κ3) is 2.44. The molecule has 0 radical (unpaired) electrons. The maximum atomic E-state index is 12.7. The standard InChI is InChI=1S/C19H18N6O/c26-19-18-14(12-24(19)15-4-3-7-20-10-15)13-25(22-18)16-5-6-17(21-11-16)23-8-1-2-9-23/h3-7,10-11,13H,1-2,8-9,12H2. The van der Waals surface area contributed by atoms with Gasteiger partial charge in [-0.2, -0.15) is 5.10 Å². The second-order valence-electron chi connectivity index (χ2n) is 6.62. The summed E-state index contributed by atoms with van der Waals surface area (Å²) in [5, 5.41) is 4.50. The molecular weight excluding hydrogens is 328 g/mol. The zero-order chi connectivity index (χ0) is 17.5. The number of amides is 1. The summed E-state index contributed by atoms with van der Waals surface area (Å²) in [7, 11) is 0. The molecule has 0 atom stereocenters. The summed E-state index contributed by atoms with van der Waals surface area (Å²) in [6.45, 7) is 2.65. The maximum absolute atomic E-state index is 12.7. The Morgan fingerprint density at radius 2 is 1.88 bits per heavy atom. The van der Waals surface area contributed by atoms with Gasteiger partial charge in [-0.3, -0.25) is 9.78 Å².